The number of furan rings is 1. The highest BCUT2D eigenvalue weighted by molar-refractivity contribution is 5.91. The first-order chi connectivity index (χ1) is 9.25. The Morgan fingerprint density at radius 3 is 2.84 bits per heavy atom. The maximum absolute atomic E-state index is 11.5. The van der Waals surface area contributed by atoms with E-state index >= 15 is 0 Å². The molecule has 0 saturated carbocycles. The molecule has 0 bridgehead atoms. The number of anilines is 1. The molecule has 2 aromatic rings. The summed E-state index contributed by atoms with van der Waals surface area (Å²) in [5, 5.41) is 14.0. The van der Waals surface area contributed by atoms with E-state index in [1.807, 2.05) is 0 Å². The summed E-state index contributed by atoms with van der Waals surface area (Å²) in [4.78, 5) is 22.8. The Morgan fingerprint density at radius 1 is 1.32 bits per heavy atom. The van der Waals surface area contributed by atoms with Crippen molar-refractivity contribution < 1.29 is 14.0 Å². The lowest BCUT2D eigenvalue weighted by Crippen LogP contribution is -2.36. The number of aromatic amines is 1. The summed E-state index contributed by atoms with van der Waals surface area (Å²) in [6.07, 6.45) is 4.46. The molecule has 4 N–H and O–H groups in total. The largest absolute Gasteiger partial charge is 0.459 e. The van der Waals surface area contributed by atoms with Crippen molar-refractivity contribution in [2.24, 2.45) is 0 Å². The highest BCUT2D eigenvalue weighted by atomic mass is 16.3. The molecule has 0 aliphatic carbocycles. The van der Waals surface area contributed by atoms with Gasteiger partial charge < -0.3 is 20.4 Å². The molecular weight excluding hydrogens is 250 g/mol. The number of nitrogens with one attached hydrogen (secondary N) is 4. The van der Waals surface area contributed by atoms with Crippen molar-refractivity contribution in [3.63, 3.8) is 0 Å². The molecule has 0 aliphatic rings. The molecule has 0 fully saturated rings. The van der Waals surface area contributed by atoms with Gasteiger partial charge in [0, 0.05) is 19.3 Å². The van der Waals surface area contributed by atoms with Gasteiger partial charge in [0.2, 0.25) is 0 Å². The third-order valence-corrected chi connectivity index (χ3v) is 2.20. The molecule has 19 heavy (non-hydrogen) atoms. The minimum Gasteiger partial charge on any atom is -0.459 e. The number of nitrogens with zero attached hydrogens (tertiary/aromatic N) is 1. The van der Waals surface area contributed by atoms with Crippen molar-refractivity contribution in [1.29, 1.82) is 0 Å². The zero-order valence-electron chi connectivity index (χ0n) is 9.97. The Morgan fingerprint density at radius 2 is 2.16 bits per heavy atom. The number of carbonyl (C=O) groups is 2. The summed E-state index contributed by atoms with van der Waals surface area (Å²) in [6.45, 7) is 0.606. The van der Waals surface area contributed by atoms with E-state index in [4.69, 9.17) is 4.42 Å². The lowest BCUT2D eigenvalue weighted by molar-refractivity contribution is 0.0926. The van der Waals surface area contributed by atoms with Crippen LogP contribution >= 0.6 is 0 Å². The average molecular weight is 263 g/mol. The zero-order valence-corrected chi connectivity index (χ0v) is 9.97. The normalized spacial score (nSPS) is 9.89. The first-order valence-electron chi connectivity index (χ1n) is 5.61. The molecule has 2 heterocycles. The quantitative estimate of drug-likeness (QED) is 0.590. The van der Waals surface area contributed by atoms with E-state index in [1.54, 1.807) is 18.3 Å². The van der Waals surface area contributed by atoms with Crippen LogP contribution in [-0.2, 0) is 0 Å². The van der Waals surface area contributed by atoms with Gasteiger partial charge in [-0.15, -0.1) is 0 Å². The summed E-state index contributed by atoms with van der Waals surface area (Å²) in [6, 6.07) is 2.83. The first-order valence-corrected chi connectivity index (χ1v) is 5.61. The van der Waals surface area contributed by atoms with E-state index in [0.717, 1.165) is 0 Å². The number of hydrogen-bond donors (Lipinski definition) is 4. The van der Waals surface area contributed by atoms with Crippen LogP contribution in [0.5, 0.6) is 0 Å². The van der Waals surface area contributed by atoms with Gasteiger partial charge in [-0.25, -0.2) is 4.79 Å². The van der Waals surface area contributed by atoms with Gasteiger partial charge in [-0.1, -0.05) is 0 Å². The van der Waals surface area contributed by atoms with Gasteiger partial charge in [-0.2, -0.15) is 5.10 Å². The predicted octanol–water partition coefficient (Wildman–Crippen LogP) is 0.554. The number of hydrogen-bond acceptors (Lipinski definition) is 4. The average Bonchev–Trinajstić information content (AvgIpc) is 3.06. The molecule has 0 atom stereocenters. The zero-order chi connectivity index (χ0) is 13.5. The minimum absolute atomic E-state index is 0.239. The number of carbonyl (C=O) groups excluding carboxylic acids is 2. The first kappa shape index (κ1) is 12.7. The van der Waals surface area contributed by atoms with Crippen LogP contribution < -0.4 is 16.0 Å². The second-order valence-electron chi connectivity index (χ2n) is 3.60. The van der Waals surface area contributed by atoms with Crippen molar-refractivity contribution in [2.75, 3.05) is 18.4 Å². The second kappa shape index (κ2) is 6.24. The molecule has 0 spiro atoms. The number of aromatic nitrogens is 2. The summed E-state index contributed by atoms with van der Waals surface area (Å²) < 4.78 is 4.92. The van der Waals surface area contributed by atoms with Crippen LogP contribution in [-0.4, -0.2) is 35.2 Å². The minimum atomic E-state index is -0.367. The molecule has 0 aromatic carbocycles. The maximum Gasteiger partial charge on any atom is 0.319 e. The fourth-order valence-electron chi connectivity index (χ4n) is 1.34. The van der Waals surface area contributed by atoms with Crippen molar-refractivity contribution in [3.8, 4) is 0 Å². The Labute approximate surface area is 108 Å². The van der Waals surface area contributed by atoms with Crippen LogP contribution in [0.25, 0.3) is 0 Å². The number of urea groups is 1. The summed E-state index contributed by atoms with van der Waals surface area (Å²) >= 11 is 0. The van der Waals surface area contributed by atoms with Crippen LogP contribution in [0.3, 0.4) is 0 Å². The highest BCUT2D eigenvalue weighted by Gasteiger charge is 2.07. The second-order valence-corrected chi connectivity index (χ2v) is 3.60. The van der Waals surface area contributed by atoms with E-state index in [0.29, 0.717) is 18.8 Å². The van der Waals surface area contributed by atoms with Crippen molar-refractivity contribution in [1.82, 2.24) is 20.8 Å². The smallest absolute Gasteiger partial charge is 0.319 e. The maximum atomic E-state index is 11.5. The number of rotatable bonds is 5. The SMILES string of the molecule is O=C(NCCNC(=O)c1ccco1)Nc1cn[nH]c1. The molecule has 8 heteroatoms. The molecule has 8 nitrogen and oxygen atoms in total. The lowest BCUT2D eigenvalue weighted by atomic mass is 10.4. The van der Waals surface area contributed by atoms with Gasteiger partial charge in [0.1, 0.15) is 0 Å². The molecule has 2 aromatic heterocycles. The van der Waals surface area contributed by atoms with Crippen LogP contribution in [0.4, 0.5) is 10.5 Å². The summed E-state index contributed by atoms with van der Waals surface area (Å²) in [5.74, 6) is -0.0788. The van der Waals surface area contributed by atoms with E-state index in [-0.39, 0.29) is 17.7 Å². The molecule has 0 radical (unpaired) electrons. The molecule has 100 valence electrons. The standard InChI is InChI=1S/C11H13N5O3/c17-10(9-2-1-5-19-9)12-3-4-13-11(18)16-8-6-14-15-7-8/h1-2,5-7H,3-4H2,(H,12,17)(H,14,15)(H2,13,16,18). The van der Waals surface area contributed by atoms with Gasteiger partial charge in [0.25, 0.3) is 5.91 Å². The van der Waals surface area contributed by atoms with Crippen molar-refractivity contribution >= 4 is 17.6 Å². The molecule has 0 unspecified atom stereocenters. The third-order valence-electron chi connectivity index (χ3n) is 2.20. The van der Waals surface area contributed by atoms with Crippen LogP contribution in [0.1, 0.15) is 10.6 Å². The fourth-order valence-corrected chi connectivity index (χ4v) is 1.34. The molecule has 3 amide bonds. The molecule has 0 saturated heterocycles. The Bertz CT molecular complexity index is 521. The van der Waals surface area contributed by atoms with E-state index < -0.39 is 0 Å². The number of amides is 3. The van der Waals surface area contributed by atoms with Crippen LogP contribution in [0.15, 0.2) is 35.2 Å². The van der Waals surface area contributed by atoms with Gasteiger partial charge in [0.05, 0.1) is 18.1 Å². The van der Waals surface area contributed by atoms with Gasteiger partial charge in [-0.3, -0.25) is 9.89 Å². The third kappa shape index (κ3) is 3.87. The number of H-pyrrole nitrogens is 1. The van der Waals surface area contributed by atoms with Crippen LogP contribution in [0.2, 0.25) is 0 Å². The van der Waals surface area contributed by atoms with Crippen LogP contribution in [0, 0.1) is 0 Å². The Hall–Kier alpha value is -2.77. The molecular formula is C11H13N5O3. The highest BCUT2D eigenvalue weighted by Crippen LogP contribution is 2.00. The van der Waals surface area contributed by atoms with Gasteiger partial charge >= 0.3 is 6.03 Å². The summed E-state index contributed by atoms with van der Waals surface area (Å²) in [5.41, 5.74) is 0.567. The van der Waals surface area contributed by atoms with E-state index in [9.17, 15) is 9.59 Å². The summed E-state index contributed by atoms with van der Waals surface area (Å²) in [7, 11) is 0. The van der Waals surface area contributed by atoms with Gasteiger partial charge in [-0.05, 0) is 12.1 Å². The topological polar surface area (TPSA) is 112 Å². The molecule has 2 rings (SSSR count). The fraction of sp³-hybridized carbons (Fsp3) is 0.182. The van der Waals surface area contributed by atoms with Crippen molar-refractivity contribution in [3.05, 3.63) is 36.5 Å². The van der Waals surface area contributed by atoms with Gasteiger partial charge in [0.15, 0.2) is 5.76 Å². The van der Waals surface area contributed by atoms with E-state index in [2.05, 4.69) is 26.1 Å². The van der Waals surface area contributed by atoms with E-state index in [1.165, 1.54) is 12.5 Å². The molecule has 0 aliphatic heterocycles. The lowest BCUT2D eigenvalue weighted by Gasteiger charge is -2.06. The Balaban J connectivity index is 1.61. The van der Waals surface area contributed by atoms with Crippen molar-refractivity contribution in [2.45, 2.75) is 0 Å². The predicted molar refractivity (Wildman–Crippen MR) is 66.7 cm³/mol. The monoisotopic (exact) mass is 263 g/mol. The Kier molecular flexibility index (Phi) is 4.17.